The summed E-state index contributed by atoms with van der Waals surface area (Å²) >= 11 is 3.56. The molecule has 28 heavy (non-hydrogen) atoms. The van der Waals surface area contributed by atoms with E-state index in [1.807, 2.05) is 39.8 Å². The van der Waals surface area contributed by atoms with Crippen LogP contribution in [0.15, 0.2) is 40.9 Å². The van der Waals surface area contributed by atoms with Crippen LogP contribution in [0.4, 0.5) is 5.69 Å². The van der Waals surface area contributed by atoms with Gasteiger partial charge in [-0.3, -0.25) is 4.79 Å². The van der Waals surface area contributed by atoms with Gasteiger partial charge in [-0.25, -0.2) is 0 Å². The van der Waals surface area contributed by atoms with Crippen LogP contribution in [0.25, 0.3) is 0 Å². The average molecular weight is 451 g/mol. The molecule has 0 bridgehead atoms. The standard InChI is InChI=1S/C21H27BrN2O4/c1-5-27-18-10-14(12-23-15-6-8-16(25)9-7-15)17(22)11-19(18)28-13-20(26)24-21(2,3)4/h6-11,23,25H,5,12-13H2,1-4H3,(H,24,26). The molecule has 0 saturated carbocycles. The van der Waals surface area contributed by atoms with Crippen molar-refractivity contribution in [3.05, 3.63) is 46.4 Å². The minimum atomic E-state index is -0.312. The molecule has 0 aliphatic heterocycles. The predicted octanol–water partition coefficient (Wildman–Crippen LogP) is 4.46. The van der Waals surface area contributed by atoms with Crippen molar-refractivity contribution in [2.24, 2.45) is 0 Å². The van der Waals surface area contributed by atoms with Gasteiger partial charge in [-0.05, 0) is 69.7 Å². The molecule has 0 radical (unpaired) electrons. The van der Waals surface area contributed by atoms with Crippen LogP contribution in [-0.2, 0) is 11.3 Å². The van der Waals surface area contributed by atoms with Gasteiger partial charge in [0.1, 0.15) is 5.75 Å². The third-order valence-corrected chi connectivity index (χ3v) is 4.37. The van der Waals surface area contributed by atoms with Gasteiger partial charge in [-0.15, -0.1) is 0 Å². The first-order valence-electron chi connectivity index (χ1n) is 9.10. The van der Waals surface area contributed by atoms with E-state index < -0.39 is 0 Å². The number of hydrogen-bond acceptors (Lipinski definition) is 5. The van der Waals surface area contributed by atoms with Crippen molar-refractivity contribution in [3.63, 3.8) is 0 Å². The predicted molar refractivity (Wildman–Crippen MR) is 114 cm³/mol. The molecule has 0 unspecified atom stereocenters. The maximum absolute atomic E-state index is 12.0. The van der Waals surface area contributed by atoms with Crippen LogP contribution >= 0.6 is 15.9 Å². The summed E-state index contributed by atoms with van der Waals surface area (Å²) in [5.41, 5.74) is 1.55. The molecule has 2 aromatic carbocycles. The number of rotatable bonds is 8. The first-order valence-corrected chi connectivity index (χ1v) is 9.89. The first kappa shape index (κ1) is 21.9. The summed E-state index contributed by atoms with van der Waals surface area (Å²) in [7, 11) is 0. The largest absolute Gasteiger partial charge is 0.508 e. The van der Waals surface area contributed by atoms with Crippen LogP contribution in [0.1, 0.15) is 33.3 Å². The maximum atomic E-state index is 12.0. The molecule has 0 aliphatic rings. The highest BCUT2D eigenvalue weighted by Crippen LogP contribution is 2.34. The fraction of sp³-hybridized carbons (Fsp3) is 0.381. The van der Waals surface area contributed by atoms with E-state index in [-0.39, 0.29) is 23.8 Å². The number of carbonyl (C=O) groups excluding carboxylic acids is 1. The molecule has 0 heterocycles. The quantitative estimate of drug-likeness (QED) is 0.517. The number of benzene rings is 2. The number of phenols is 1. The van der Waals surface area contributed by atoms with Gasteiger partial charge in [-0.2, -0.15) is 0 Å². The summed E-state index contributed by atoms with van der Waals surface area (Å²) in [6, 6.07) is 10.6. The van der Waals surface area contributed by atoms with Crippen LogP contribution in [0.3, 0.4) is 0 Å². The number of amides is 1. The molecule has 0 fully saturated rings. The molecule has 0 aliphatic carbocycles. The number of aromatic hydroxyl groups is 1. The van der Waals surface area contributed by atoms with E-state index in [1.165, 1.54) is 0 Å². The lowest BCUT2D eigenvalue weighted by Crippen LogP contribution is -2.43. The number of anilines is 1. The molecular formula is C21H27BrN2O4. The van der Waals surface area contributed by atoms with Gasteiger partial charge in [0.25, 0.3) is 5.91 Å². The van der Waals surface area contributed by atoms with Crippen molar-refractivity contribution < 1.29 is 19.4 Å². The van der Waals surface area contributed by atoms with Gasteiger partial charge in [0.15, 0.2) is 18.1 Å². The van der Waals surface area contributed by atoms with Gasteiger partial charge >= 0.3 is 0 Å². The Morgan fingerprint density at radius 2 is 1.75 bits per heavy atom. The summed E-state index contributed by atoms with van der Waals surface area (Å²) in [5, 5.41) is 15.5. The Kier molecular flexibility index (Phi) is 7.57. The van der Waals surface area contributed by atoms with Crippen molar-refractivity contribution in [3.8, 4) is 17.2 Å². The topological polar surface area (TPSA) is 79.8 Å². The number of phenolic OH excluding ortho intramolecular Hbond substituents is 1. The SMILES string of the molecule is CCOc1cc(CNc2ccc(O)cc2)c(Br)cc1OCC(=O)NC(C)(C)C. The van der Waals surface area contributed by atoms with Crippen molar-refractivity contribution >= 4 is 27.5 Å². The second-order valence-electron chi connectivity index (χ2n) is 7.31. The van der Waals surface area contributed by atoms with Gasteiger partial charge < -0.3 is 25.2 Å². The zero-order valence-electron chi connectivity index (χ0n) is 16.6. The normalized spacial score (nSPS) is 11.0. The van der Waals surface area contributed by atoms with E-state index in [0.717, 1.165) is 15.7 Å². The Labute approximate surface area is 174 Å². The lowest BCUT2D eigenvalue weighted by Gasteiger charge is -2.21. The third kappa shape index (κ3) is 6.96. The molecule has 7 heteroatoms. The van der Waals surface area contributed by atoms with Crippen molar-refractivity contribution in [1.82, 2.24) is 5.32 Å². The third-order valence-electron chi connectivity index (χ3n) is 3.64. The average Bonchev–Trinajstić information content (AvgIpc) is 2.60. The molecule has 6 nitrogen and oxygen atoms in total. The zero-order valence-corrected chi connectivity index (χ0v) is 18.2. The Hall–Kier alpha value is -2.41. The maximum Gasteiger partial charge on any atom is 0.258 e. The molecule has 2 rings (SSSR count). The number of hydrogen-bond donors (Lipinski definition) is 3. The zero-order chi connectivity index (χ0) is 20.7. The van der Waals surface area contributed by atoms with Crippen LogP contribution < -0.4 is 20.1 Å². The smallest absolute Gasteiger partial charge is 0.258 e. The molecule has 0 saturated heterocycles. The molecule has 1 amide bonds. The second kappa shape index (κ2) is 9.68. The van der Waals surface area contributed by atoms with Crippen LogP contribution in [0.2, 0.25) is 0 Å². The minimum Gasteiger partial charge on any atom is -0.508 e. The minimum absolute atomic E-state index is 0.0884. The lowest BCUT2D eigenvalue weighted by atomic mass is 10.1. The van der Waals surface area contributed by atoms with E-state index in [1.54, 1.807) is 24.3 Å². The van der Waals surface area contributed by atoms with Crippen molar-refractivity contribution in [2.45, 2.75) is 39.8 Å². The number of ether oxygens (including phenoxy) is 2. The van der Waals surface area contributed by atoms with Gasteiger partial charge in [0.2, 0.25) is 0 Å². The van der Waals surface area contributed by atoms with Gasteiger partial charge in [0.05, 0.1) is 6.61 Å². The Balaban J connectivity index is 2.09. The monoisotopic (exact) mass is 450 g/mol. The number of nitrogens with one attached hydrogen (secondary N) is 2. The van der Waals surface area contributed by atoms with Crippen LogP contribution in [-0.4, -0.2) is 29.8 Å². The first-order chi connectivity index (χ1) is 13.2. The molecule has 0 atom stereocenters. The molecule has 3 N–H and O–H groups in total. The van der Waals surface area contributed by atoms with Gasteiger partial charge in [-0.1, -0.05) is 15.9 Å². The van der Waals surface area contributed by atoms with E-state index in [9.17, 15) is 9.90 Å². The van der Waals surface area contributed by atoms with Crippen molar-refractivity contribution in [1.29, 1.82) is 0 Å². The highest BCUT2D eigenvalue weighted by molar-refractivity contribution is 9.10. The summed E-state index contributed by atoms with van der Waals surface area (Å²) in [6.07, 6.45) is 0. The lowest BCUT2D eigenvalue weighted by molar-refractivity contribution is -0.124. The summed E-state index contributed by atoms with van der Waals surface area (Å²) < 4.78 is 12.2. The number of carbonyl (C=O) groups is 1. The van der Waals surface area contributed by atoms with E-state index >= 15 is 0 Å². The Bertz CT molecular complexity index is 801. The molecule has 152 valence electrons. The number of halogens is 1. The van der Waals surface area contributed by atoms with Crippen LogP contribution in [0, 0.1) is 0 Å². The summed E-state index contributed by atoms with van der Waals surface area (Å²) in [4.78, 5) is 12.0. The second-order valence-corrected chi connectivity index (χ2v) is 8.16. The van der Waals surface area contributed by atoms with Crippen molar-refractivity contribution in [2.75, 3.05) is 18.5 Å². The molecular weight excluding hydrogens is 424 g/mol. The highest BCUT2D eigenvalue weighted by Gasteiger charge is 2.16. The van der Waals surface area contributed by atoms with E-state index in [0.29, 0.717) is 24.7 Å². The summed E-state index contributed by atoms with van der Waals surface area (Å²) in [6.45, 7) is 8.60. The molecule has 2 aromatic rings. The van der Waals surface area contributed by atoms with Gasteiger partial charge in [0, 0.05) is 22.2 Å². The Morgan fingerprint density at radius 3 is 2.36 bits per heavy atom. The van der Waals surface area contributed by atoms with E-state index in [2.05, 4.69) is 26.6 Å². The molecule has 0 aromatic heterocycles. The summed E-state index contributed by atoms with van der Waals surface area (Å²) in [5.74, 6) is 1.12. The molecule has 0 spiro atoms. The fourth-order valence-corrected chi connectivity index (χ4v) is 2.93. The van der Waals surface area contributed by atoms with Crippen LogP contribution in [0.5, 0.6) is 17.2 Å². The highest BCUT2D eigenvalue weighted by atomic mass is 79.9. The fourth-order valence-electron chi connectivity index (χ4n) is 2.47. The van der Waals surface area contributed by atoms with E-state index in [4.69, 9.17) is 9.47 Å². The Morgan fingerprint density at radius 1 is 1.11 bits per heavy atom.